The van der Waals surface area contributed by atoms with E-state index >= 15 is 0 Å². The van der Waals surface area contributed by atoms with Crippen LogP contribution in [0.5, 0.6) is 0 Å². The van der Waals surface area contributed by atoms with Gasteiger partial charge >= 0.3 is 11.9 Å². The van der Waals surface area contributed by atoms with Crippen LogP contribution in [0.4, 0.5) is 0 Å². The van der Waals surface area contributed by atoms with Gasteiger partial charge in [0, 0.05) is 19.6 Å². The number of β-lactam (4-membered cyclic amide) rings is 1. The van der Waals surface area contributed by atoms with Crippen molar-refractivity contribution in [3.05, 3.63) is 47.2 Å². The fourth-order valence-electron chi connectivity index (χ4n) is 3.14. The van der Waals surface area contributed by atoms with Crippen LogP contribution in [-0.2, 0) is 45.0 Å². The molecule has 0 aliphatic carbocycles. The summed E-state index contributed by atoms with van der Waals surface area (Å²) in [5, 5.41) is -1.30. The van der Waals surface area contributed by atoms with Crippen molar-refractivity contribution >= 4 is 27.7 Å². The number of carbonyl (C=O) groups excluding carboxylic acids is 3. The second-order valence-electron chi connectivity index (χ2n) is 6.36. The molecule has 2 heterocycles. The van der Waals surface area contributed by atoms with E-state index < -0.39 is 51.5 Å². The summed E-state index contributed by atoms with van der Waals surface area (Å²) in [5.41, 5.74) is 0.505. The van der Waals surface area contributed by atoms with Crippen LogP contribution < -0.4 is 0 Å². The quantitative estimate of drug-likeness (QED) is 0.482. The monoisotopic (exact) mass is 409 g/mol. The molecular formula is C18H19NO8S. The minimum absolute atomic E-state index is 0.00702. The zero-order valence-corrected chi connectivity index (χ0v) is 16.1. The molecule has 0 bridgehead atoms. The first-order chi connectivity index (χ1) is 13.3. The van der Waals surface area contributed by atoms with Crippen LogP contribution in [0.15, 0.2) is 41.6 Å². The molecule has 1 unspecified atom stereocenters. The predicted molar refractivity (Wildman–Crippen MR) is 95.1 cm³/mol. The van der Waals surface area contributed by atoms with E-state index in [4.69, 9.17) is 14.2 Å². The van der Waals surface area contributed by atoms with Crippen LogP contribution in [0.1, 0.15) is 12.5 Å². The van der Waals surface area contributed by atoms with E-state index in [1.807, 2.05) is 6.07 Å². The first-order valence-electron chi connectivity index (χ1n) is 8.40. The summed E-state index contributed by atoms with van der Waals surface area (Å²) in [6.07, 6.45) is -1.18. The van der Waals surface area contributed by atoms with Crippen molar-refractivity contribution in [1.82, 2.24) is 4.90 Å². The van der Waals surface area contributed by atoms with Crippen LogP contribution >= 0.6 is 0 Å². The molecule has 2 atom stereocenters. The highest BCUT2D eigenvalue weighted by atomic mass is 32.2. The highest BCUT2D eigenvalue weighted by Crippen LogP contribution is 2.38. The molecule has 28 heavy (non-hydrogen) atoms. The van der Waals surface area contributed by atoms with Gasteiger partial charge in [-0.1, -0.05) is 30.3 Å². The Morgan fingerprint density at radius 2 is 1.82 bits per heavy atom. The number of amides is 1. The molecule has 0 saturated carbocycles. The minimum atomic E-state index is -3.83. The lowest BCUT2D eigenvalue weighted by Gasteiger charge is -2.48. The Morgan fingerprint density at radius 3 is 2.43 bits per heavy atom. The average Bonchev–Trinajstić information content (AvgIpc) is 2.65. The molecule has 1 amide bonds. The number of nitrogens with zero attached hydrogens (tertiary/aromatic N) is 1. The number of methoxy groups -OCH3 is 1. The van der Waals surface area contributed by atoms with E-state index in [0.29, 0.717) is 0 Å². The number of ether oxygens (including phenoxy) is 3. The molecule has 0 N–H and O–H groups in total. The topological polar surface area (TPSA) is 116 Å². The van der Waals surface area contributed by atoms with Crippen molar-refractivity contribution < 1.29 is 37.0 Å². The molecule has 150 valence electrons. The van der Waals surface area contributed by atoms with E-state index in [-0.39, 0.29) is 17.9 Å². The Hall–Kier alpha value is -2.72. The van der Waals surface area contributed by atoms with Crippen LogP contribution in [0.2, 0.25) is 0 Å². The Balaban J connectivity index is 1.92. The third kappa shape index (κ3) is 3.65. The van der Waals surface area contributed by atoms with Crippen LogP contribution in [0.3, 0.4) is 0 Å². The summed E-state index contributed by atoms with van der Waals surface area (Å²) >= 11 is 0. The number of benzene rings is 1. The summed E-state index contributed by atoms with van der Waals surface area (Å²) in [6.45, 7) is 0.666. The Bertz CT molecular complexity index is 938. The van der Waals surface area contributed by atoms with Gasteiger partial charge in [-0.2, -0.15) is 0 Å². The molecule has 1 aromatic rings. The fraction of sp³-hybridized carbons (Fsp3) is 0.389. The maximum Gasteiger partial charge on any atom is 0.355 e. The van der Waals surface area contributed by atoms with Gasteiger partial charge < -0.3 is 14.2 Å². The Labute approximate surface area is 161 Å². The van der Waals surface area contributed by atoms with Gasteiger partial charge in [0.1, 0.15) is 18.9 Å². The van der Waals surface area contributed by atoms with Crippen molar-refractivity contribution in [2.45, 2.75) is 25.0 Å². The summed E-state index contributed by atoms with van der Waals surface area (Å²) in [6, 6.07) is 8.88. The Kier molecular flexibility index (Phi) is 5.52. The van der Waals surface area contributed by atoms with Gasteiger partial charge in [-0.05, 0) is 5.56 Å². The number of fused-ring (bicyclic) bond motifs is 1. The van der Waals surface area contributed by atoms with Gasteiger partial charge in [0.25, 0.3) is 5.91 Å². The second kappa shape index (κ2) is 7.72. The third-order valence-electron chi connectivity index (χ3n) is 4.42. The molecule has 1 fully saturated rings. The maximum absolute atomic E-state index is 12.7. The summed E-state index contributed by atoms with van der Waals surface area (Å²) in [5.74, 6) is -2.71. The molecule has 1 aromatic carbocycles. The summed E-state index contributed by atoms with van der Waals surface area (Å²) < 4.78 is 40.2. The molecule has 0 aromatic heterocycles. The van der Waals surface area contributed by atoms with E-state index in [0.717, 1.165) is 17.4 Å². The molecule has 1 saturated heterocycles. The highest BCUT2D eigenvalue weighted by Gasteiger charge is 2.60. The van der Waals surface area contributed by atoms with Gasteiger partial charge in [0.05, 0.1) is 5.75 Å². The van der Waals surface area contributed by atoms with Crippen molar-refractivity contribution in [2.24, 2.45) is 0 Å². The highest BCUT2D eigenvalue weighted by molar-refractivity contribution is 7.92. The summed E-state index contributed by atoms with van der Waals surface area (Å²) in [4.78, 5) is 37.1. The second-order valence-corrected chi connectivity index (χ2v) is 8.45. The molecule has 2 aliphatic rings. The number of carbonyl (C=O) groups is 3. The zero-order chi connectivity index (χ0) is 20.5. The normalized spacial score (nSPS) is 22.9. The van der Waals surface area contributed by atoms with Crippen molar-refractivity contribution in [3.8, 4) is 0 Å². The standard InChI is InChI=1S/C18H19NO8S/c1-11(20)26-9-13-10-28(23,24)17-15(25-2)16(21)19(17)14(13)18(22)27-8-12-6-4-3-5-7-12/h3-7,15,17H,8-10H2,1-2H3/t15-,17?/m1/s1. The molecule has 2 aliphatic heterocycles. The number of hydrogen-bond donors (Lipinski definition) is 0. The average molecular weight is 409 g/mol. The number of esters is 2. The number of rotatable bonds is 6. The maximum atomic E-state index is 12.7. The number of sulfone groups is 1. The number of hydrogen-bond acceptors (Lipinski definition) is 8. The van der Waals surface area contributed by atoms with Gasteiger partial charge in [-0.25, -0.2) is 13.2 Å². The van der Waals surface area contributed by atoms with Gasteiger partial charge in [0.15, 0.2) is 21.3 Å². The first-order valence-corrected chi connectivity index (χ1v) is 10.1. The van der Waals surface area contributed by atoms with Crippen molar-refractivity contribution in [3.63, 3.8) is 0 Å². The van der Waals surface area contributed by atoms with Gasteiger partial charge in [-0.15, -0.1) is 0 Å². The molecule has 10 heteroatoms. The summed E-state index contributed by atoms with van der Waals surface area (Å²) in [7, 11) is -2.60. The predicted octanol–water partition coefficient (Wildman–Crippen LogP) is 0.159. The fourth-order valence-corrected chi connectivity index (χ4v) is 5.15. The van der Waals surface area contributed by atoms with Crippen LogP contribution in [0, 0.1) is 0 Å². The largest absolute Gasteiger partial charge is 0.461 e. The zero-order valence-electron chi connectivity index (χ0n) is 15.3. The lowest BCUT2D eigenvalue weighted by atomic mass is 10.1. The molecule has 9 nitrogen and oxygen atoms in total. The van der Waals surface area contributed by atoms with E-state index in [9.17, 15) is 22.8 Å². The molecule has 0 radical (unpaired) electrons. The smallest absolute Gasteiger partial charge is 0.355 e. The SMILES string of the molecule is CO[C@@H]1C(=O)N2C(C(=O)OCc3ccccc3)=C(COC(C)=O)CS(=O)(=O)C12. The molecule has 3 rings (SSSR count). The Morgan fingerprint density at radius 1 is 1.14 bits per heavy atom. The lowest BCUT2D eigenvalue weighted by molar-refractivity contribution is -0.164. The first kappa shape index (κ1) is 20.0. The van der Waals surface area contributed by atoms with E-state index in [2.05, 4.69) is 0 Å². The molecule has 0 spiro atoms. The third-order valence-corrected chi connectivity index (χ3v) is 6.37. The van der Waals surface area contributed by atoms with Gasteiger partial charge in [0.2, 0.25) is 0 Å². The molecular weight excluding hydrogens is 390 g/mol. The van der Waals surface area contributed by atoms with Crippen molar-refractivity contribution in [2.75, 3.05) is 19.5 Å². The van der Waals surface area contributed by atoms with E-state index in [1.165, 1.54) is 7.11 Å². The van der Waals surface area contributed by atoms with Gasteiger partial charge in [-0.3, -0.25) is 14.5 Å². The van der Waals surface area contributed by atoms with E-state index in [1.54, 1.807) is 24.3 Å². The lowest BCUT2D eigenvalue weighted by Crippen LogP contribution is -2.70. The minimum Gasteiger partial charge on any atom is -0.461 e. The van der Waals surface area contributed by atoms with Crippen LogP contribution in [0.25, 0.3) is 0 Å². The van der Waals surface area contributed by atoms with Crippen molar-refractivity contribution in [1.29, 1.82) is 0 Å². The van der Waals surface area contributed by atoms with Crippen LogP contribution in [-0.4, -0.2) is 62.1 Å².